The first-order valence-electron chi connectivity index (χ1n) is 6.31. The van der Waals surface area contributed by atoms with Crippen LogP contribution in [0.1, 0.15) is 24.6 Å². The van der Waals surface area contributed by atoms with Crippen molar-refractivity contribution in [3.8, 4) is 0 Å². The van der Waals surface area contributed by atoms with Gasteiger partial charge in [0.1, 0.15) is 0 Å². The van der Waals surface area contributed by atoms with E-state index in [4.69, 9.17) is 0 Å². The third-order valence-corrected chi connectivity index (χ3v) is 4.11. The molecule has 1 unspecified atom stereocenters. The molecule has 2 amide bonds. The van der Waals surface area contributed by atoms with Gasteiger partial charge in [0.2, 0.25) is 0 Å². The van der Waals surface area contributed by atoms with Gasteiger partial charge in [-0.05, 0) is 36.6 Å². The first-order chi connectivity index (χ1) is 8.25. The molecule has 1 aliphatic rings. The number of piperidine rings is 1. The van der Waals surface area contributed by atoms with E-state index in [0.717, 1.165) is 32.5 Å². The Balaban J connectivity index is 1.70. The lowest BCUT2D eigenvalue weighted by Gasteiger charge is -2.30. The van der Waals surface area contributed by atoms with Gasteiger partial charge in [0, 0.05) is 24.5 Å². The van der Waals surface area contributed by atoms with E-state index < -0.39 is 0 Å². The van der Waals surface area contributed by atoms with Crippen molar-refractivity contribution in [3.05, 3.63) is 22.4 Å². The first kappa shape index (κ1) is 12.4. The molecule has 1 atom stereocenters. The Morgan fingerprint density at radius 3 is 3.24 bits per heavy atom. The average Bonchev–Trinajstić information content (AvgIpc) is 2.82. The van der Waals surface area contributed by atoms with Crippen LogP contribution in [0.5, 0.6) is 0 Å². The molecule has 0 radical (unpaired) electrons. The molecule has 0 spiro atoms. The Hall–Kier alpha value is -1.03. The predicted molar refractivity (Wildman–Crippen MR) is 71.4 cm³/mol. The van der Waals surface area contributed by atoms with Gasteiger partial charge in [0.05, 0.1) is 0 Å². The van der Waals surface area contributed by atoms with Crippen molar-refractivity contribution < 1.29 is 4.79 Å². The molecular formula is C13H20N2OS. The molecule has 2 rings (SSSR count). The van der Waals surface area contributed by atoms with Crippen LogP contribution in [0.2, 0.25) is 0 Å². The van der Waals surface area contributed by atoms with Gasteiger partial charge in [-0.1, -0.05) is 13.0 Å². The number of hydrogen-bond acceptors (Lipinski definition) is 2. The molecule has 1 aromatic rings. The van der Waals surface area contributed by atoms with Crippen LogP contribution in [0.3, 0.4) is 0 Å². The summed E-state index contributed by atoms with van der Waals surface area (Å²) >= 11 is 1.75. The highest BCUT2D eigenvalue weighted by molar-refractivity contribution is 7.09. The van der Waals surface area contributed by atoms with Gasteiger partial charge < -0.3 is 10.2 Å². The molecule has 4 heteroatoms. The molecule has 1 saturated heterocycles. The van der Waals surface area contributed by atoms with Gasteiger partial charge in [-0.3, -0.25) is 0 Å². The van der Waals surface area contributed by atoms with E-state index in [2.05, 4.69) is 23.7 Å². The Labute approximate surface area is 107 Å². The zero-order chi connectivity index (χ0) is 12.1. The van der Waals surface area contributed by atoms with Crippen molar-refractivity contribution >= 4 is 17.4 Å². The van der Waals surface area contributed by atoms with Crippen LogP contribution in [0.25, 0.3) is 0 Å². The molecule has 0 aromatic carbocycles. The molecule has 94 valence electrons. The maximum absolute atomic E-state index is 11.9. The summed E-state index contributed by atoms with van der Waals surface area (Å²) in [5, 5.41) is 5.08. The summed E-state index contributed by atoms with van der Waals surface area (Å²) in [5.74, 6) is 0.645. The fourth-order valence-corrected chi connectivity index (χ4v) is 2.94. The van der Waals surface area contributed by atoms with Gasteiger partial charge in [0.25, 0.3) is 0 Å². The molecule has 1 aromatic heterocycles. The van der Waals surface area contributed by atoms with Crippen LogP contribution >= 0.6 is 11.3 Å². The highest BCUT2D eigenvalue weighted by Crippen LogP contribution is 2.15. The van der Waals surface area contributed by atoms with Crippen LogP contribution in [0, 0.1) is 5.92 Å². The number of urea groups is 1. The number of nitrogens with zero attached hydrogens (tertiary/aromatic N) is 1. The second kappa shape index (κ2) is 6.05. The third kappa shape index (κ3) is 3.73. The highest BCUT2D eigenvalue weighted by Gasteiger charge is 2.20. The fraction of sp³-hybridized carbons (Fsp3) is 0.615. The van der Waals surface area contributed by atoms with E-state index in [1.54, 1.807) is 11.3 Å². The minimum absolute atomic E-state index is 0.105. The monoisotopic (exact) mass is 252 g/mol. The second-order valence-electron chi connectivity index (χ2n) is 4.75. The summed E-state index contributed by atoms with van der Waals surface area (Å²) < 4.78 is 0. The van der Waals surface area contributed by atoms with E-state index in [1.165, 1.54) is 11.3 Å². The second-order valence-corrected chi connectivity index (χ2v) is 5.79. The minimum atomic E-state index is 0.105. The number of amides is 2. The quantitative estimate of drug-likeness (QED) is 0.881. The number of carbonyl (C=O) groups is 1. The number of carbonyl (C=O) groups excluding carboxylic acids is 1. The Bertz CT molecular complexity index is 350. The average molecular weight is 252 g/mol. The number of hydrogen-bond donors (Lipinski definition) is 1. The van der Waals surface area contributed by atoms with Crippen LogP contribution in [0.4, 0.5) is 4.79 Å². The fourth-order valence-electron chi connectivity index (χ4n) is 2.23. The summed E-state index contributed by atoms with van der Waals surface area (Å²) in [6.07, 6.45) is 3.32. The largest absolute Gasteiger partial charge is 0.338 e. The molecule has 0 bridgehead atoms. The molecule has 1 N–H and O–H groups in total. The number of likely N-dealkylation sites (tertiary alicyclic amines) is 1. The van der Waals surface area contributed by atoms with Crippen LogP contribution < -0.4 is 5.32 Å². The summed E-state index contributed by atoms with van der Waals surface area (Å²) in [6, 6.07) is 4.27. The van der Waals surface area contributed by atoms with Crippen molar-refractivity contribution in [1.29, 1.82) is 0 Å². The van der Waals surface area contributed by atoms with Crippen molar-refractivity contribution in [3.63, 3.8) is 0 Å². The zero-order valence-corrected chi connectivity index (χ0v) is 11.1. The van der Waals surface area contributed by atoms with Crippen LogP contribution in [0.15, 0.2) is 17.5 Å². The summed E-state index contributed by atoms with van der Waals surface area (Å²) in [4.78, 5) is 15.2. The van der Waals surface area contributed by atoms with Crippen molar-refractivity contribution in [2.24, 2.45) is 5.92 Å². The molecule has 2 heterocycles. The molecule has 17 heavy (non-hydrogen) atoms. The maximum atomic E-state index is 11.9. The number of rotatable bonds is 3. The summed E-state index contributed by atoms with van der Waals surface area (Å²) in [5.41, 5.74) is 0. The lowest BCUT2D eigenvalue weighted by molar-refractivity contribution is 0.170. The summed E-state index contributed by atoms with van der Waals surface area (Å²) in [7, 11) is 0. The maximum Gasteiger partial charge on any atom is 0.317 e. The normalized spacial score (nSPS) is 20.3. The Kier molecular flexibility index (Phi) is 4.42. The van der Waals surface area contributed by atoms with Gasteiger partial charge >= 0.3 is 6.03 Å². The van der Waals surface area contributed by atoms with Crippen molar-refractivity contribution in [2.75, 3.05) is 19.6 Å². The highest BCUT2D eigenvalue weighted by atomic mass is 32.1. The SMILES string of the molecule is CC1CCCN(C(=O)NCCc2cccs2)C1. The molecule has 0 aliphatic carbocycles. The third-order valence-electron chi connectivity index (χ3n) is 3.17. The van der Waals surface area contributed by atoms with Gasteiger partial charge in [-0.25, -0.2) is 4.79 Å². The summed E-state index contributed by atoms with van der Waals surface area (Å²) in [6.45, 7) is 4.77. The van der Waals surface area contributed by atoms with Gasteiger partial charge in [-0.15, -0.1) is 11.3 Å². The smallest absolute Gasteiger partial charge is 0.317 e. The number of nitrogens with one attached hydrogen (secondary N) is 1. The van der Waals surface area contributed by atoms with Gasteiger partial charge in [0.15, 0.2) is 0 Å². The molecule has 1 aliphatic heterocycles. The van der Waals surface area contributed by atoms with E-state index in [-0.39, 0.29) is 6.03 Å². The van der Waals surface area contributed by atoms with Crippen molar-refractivity contribution in [1.82, 2.24) is 10.2 Å². The molecule has 0 saturated carbocycles. The van der Waals surface area contributed by atoms with Crippen LogP contribution in [-0.2, 0) is 6.42 Å². The van der Waals surface area contributed by atoms with E-state index >= 15 is 0 Å². The lowest BCUT2D eigenvalue weighted by Crippen LogP contribution is -2.45. The predicted octanol–water partition coefficient (Wildman–Crippen LogP) is 2.73. The molecule has 1 fully saturated rings. The standard InChI is InChI=1S/C13H20N2OS/c1-11-4-2-8-15(10-11)13(16)14-7-6-12-5-3-9-17-12/h3,5,9,11H,2,4,6-8,10H2,1H3,(H,14,16). The van der Waals surface area contributed by atoms with E-state index in [1.807, 2.05) is 11.0 Å². The number of thiophene rings is 1. The molecule has 3 nitrogen and oxygen atoms in total. The topological polar surface area (TPSA) is 32.3 Å². The first-order valence-corrected chi connectivity index (χ1v) is 7.19. The Morgan fingerprint density at radius 2 is 2.53 bits per heavy atom. The minimum Gasteiger partial charge on any atom is -0.338 e. The zero-order valence-electron chi connectivity index (χ0n) is 10.3. The van der Waals surface area contributed by atoms with Crippen molar-refractivity contribution in [2.45, 2.75) is 26.2 Å². The van der Waals surface area contributed by atoms with Crippen LogP contribution in [-0.4, -0.2) is 30.6 Å². The van der Waals surface area contributed by atoms with Gasteiger partial charge in [-0.2, -0.15) is 0 Å². The Morgan fingerprint density at radius 1 is 1.65 bits per heavy atom. The molecular weight excluding hydrogens is 232 g/mol. The van der Waals surface area contributed by atoms with E-state index in [9.17, 15) is 4.79 Å². The lowest BCUT2D eigenvalue weighted by atomic mass is 10.0. The van der Waals surface area contributed by atoms with E-state index in [0.29, 0.717) is 5.92 Å².